The number of para-hydroxylation sites is 1. The molecule has 0 saturated carbocycles. The van der Waals surface area contributed by atoms with Gasteiger partial charge in [0.15, 0.2) is 5.78 Å². The monoisotopic (exact) mass is 363 g/mol. The Bertz CT molecular complexity index is 895. The van der Waals surface area contributed by atoms with Gasteiger partial charge in [0.05, 0.1) is 5.56 Å². The molecule has 0 radical (unpaired) electrons. The molecule has 3 heteroatoms. The number of ether oxygens (including phenoxy) is 1. The highest BCUT2D eigenvalue weighted by Gasteiger charge is 2.22. The van der Waals surface area contributed by atoms with Crippen molar-refractivity contribution in [3.8, 4) is 0 Å². The molecule has 0 amide bonds. The molecule has 0 bridgehead atoms. The topological polar surface area (TPSA) is 31.2 Å². The molecule has 0 spiro atoms. The zero-order valence-electron chi connectivity index (χ0n) is 16.6. The van der Waals surface area contributed by atoms with Crippen molar-refractivity contribution in [1.29, 1.82) is 0 Å². The minimum atomic E-state index is 0.107. The number of carbonyl (C=O) groups excluding carboxylic acids is 1. The lowest BCUT2D eigenvalue weighted by Gasteiger charge is -2.18. The Hall–Kier alpha value is -2.39. The Morgan fingerprint density at radius 1 is 1.00 bits per heavy atom. The number of hydrogen-bond donors (Lipinski definition) is 0. The van der Waals surface area contributed by atoms with Crippen LogP contribution >= 0.6 is 0 Å². The van der Waals surface area contributed by atoms with Gasteiger partial charge in [0.1, 0.15) is 0 Å². The fourth-order valence-electron chi connectivity index (χ4n) is 3.97. The lowest BCUT2D eigenvalue weighted by Crippen LogP contribution is -2.09. The van der Waals surface area contributed by atoms with Crippen LogP contribution in [0, 0.1) is 6.92 Å². The molecule has 0 aliphatic heterocycles. The Labute approximate surface area is 162 Å². The number of rotatable bonds is 9. The van der Waals surface area contributed by atoms with Crippen molar-refractivity contribution in [2.24, 2.45) is 0 Å². The number of benzene rings is 2. The van der Waals surface area contributed by atoms with Gasteiger partial charge in [-0.15, -0.1) is 0 Å². The van der Waals surface area contributed by atoms with Crippen molar-refractivity contribution in [3.63, 3.8) is 0 Å². The molecule has 1 heterocycles. The van der Waals surface area contributed by atoms with E-state index in [1.54, 1.807) is 7.11 Å². The van der Waals surface area contributed by atoms with Gasteiger partial charge >= 0.3 is 0 Å². The van der Waals surface area contributed by atoms with Crippen molar-refractivity contribution < 1.29 is 9.53 Å². The van der Waals surface area contributed by atoms with Gasteiger partial charge in [-0.1, -0.05) is 61.4 Å². The van der Waals surface area contributed by atoms with Crippen LogP contribution in [0.25, 0.3) is 10.9 Å². The summed E-state index contributed by atoms with van der Waals surface area (Å²) in [7, 11) is 1.75. The average Bonchev–Trinajstić information content (AvgIpc) is 2.99. The van der Waals surface area contributed by atoms with Crippen LogP contribution in [0.5, 0.6) is 0 Å². The van der Waals surface area contributed by atoms with Crippen LogP contribution < -0.4 is 0 Å². The SMILES string of the molecule is COCCCCCC(C)n1c(C)c(C(=O)c2ccccc2)c2ccccc21. The van der Waals surface area contributed by atoms with Crippen molar-refractivity contribution in [2.45, 2.75) is 45.6 Å². The molecule has 27 heavy (non-hydrogen) atoms. The maximum absolute atomic E-state index is 13.2. The molecular formula is C24H29NO2. The summed E-state index contributed by atoms with van der Waals surface area (Å²) in [6.07, 6.45) is 4.54. The van der Waals surface area contributed by atoms with E-state index in [9.17, 15) is 4.79 Å². The van der Waals surface area contributed by atoms with Gasteiger partial charge < -0.3 is 9.30 Å². The minimum Gasteiger partial charge on any atom is -0.385 e. The Balaban J connectivity index is 1.93. The lowest BCUT2D eigenvalue weighted by atomic mass is 10.0. The zero-order valence-corrected chi connectivity index (χ0v) is 16.6. The standard InChI is InChI=1S/C24H29NO2/c1-18(12-6-5-11-17-27-3)25-19(2)23(21-15-9-10-16-22(21)25)24(26)20-13-7-4-8-14-20/h4,7-10,13-16,18H,5-6,11-12,17H2,1-3H3. The maximum atomic E-state index is 13.2. The Morgan fingerprint density at radius 2 is 1.70 bits per heavy atom. The van der Waals surface area contributed by atoms with Crippen molar-refractivity contribution in [2.75, 3.05) is 13.7 Å². The molecule has 0 N–H and O–H groups in total. The molecule has 142 valence electrons. The van der Waals surface area contributed by atoms with Gasteiger partial charge in [-0.3, -0.25) is 4.79 Å². The van der Waals surface area contributed by atoms with E-state index in [0.29, 0.717) is 6.04 Å². The normalized spacial score (nSPS) is 12.4. The molecule has 3 aromatic rings. The highest BCUT2D eigenvalue weighted by molar-refractivity contribution is 6.17. The summed E-state index contributed by atoms with van der Waals surface area (Å²) in [5.41, 5.74) is 3.80. The van der Waals surface area contributed by atoms with Gasteiger partial charge in [-0.25, -0.2) is 0 Å². The van der Waals surface area contributed by atoms with E-state index in [-0.39, 0.29) is 5.78 Å². The van der Waals surface area contributed by atoms with Gasteiger partial charge in [-0.2, -0.15) is 0 Å². The smallest absolute Gasteiger partial charge is 0.195 e. The average molecular weight is 364 g/mol. The van der Waals surface area contributed by atoms with E-state index in [4.69, 9.17) is 4.74 Å². The first-order chi connectivity index (χ1) is 13.1. The first-order valence-corrected chi connectivity index (χ1v) is 9.83. The van der Waals surface area contributed by atoms with Gasteiger partial charge in [0.2, 0.25) is 0 Å². The van der Waals surface area contributed by atoms with E-state index >= 15 is 0 Å². The van der Waals surface area contributed by atoms with Crippen molar-refractivity contribution in [1.82, 2.24) is 4.57 Å². The van der Waals surface area contributed by atoms with Crippen LogP contribution in [0.4, 0.5) is 0 Å². The molecule has 3 rings (SSSR count). The van der Waals surface area contributed by atoms with E-state index in [0.717, 1.165) is 47.2 Å². The maximum Gasteiger partial charge on any atom is 0.195 e. The number of hydrogen-bond acceptors (Lipinski definition) is 2. The second-order valence-electron chi connectivity index (χ2n) is 7.23. The summed E-state index contributed by atoms with van der Waals surface area (Å²) in [4.78, 5) is 13.2. The molecule has 2 aromatic carbocycles. The van der Waals surface area contributed by atoms with Crippen LogP contribution in [0.3, 0.4) is 0 Å². The predicted octanol–water partition coefficient (Wildman–Crippen LogP) is 5.95. The van der Waals surface area contributed by atoms with E-state index in [2.05, 4.69) is 36.6 Å². The third kappa shape index (κ3) is 4.14. The number of aromatic nitrogens is 1. The molecule has 0 saturated heterocycles. The Morgan fingerprint density at radius 3 is 2.44 bits per heavy atom. The quantitative estimate of drug-likeness (QED) is 0.347. The van der Waals surface area contributed by atoms with Crippen molar-refractivity contribution >= 4 is 16.7 Å². The summed E-state index contributed by atoms with van der Waals surface area (Å²) in [5, 5.41) is 1.05. The summed E-state index contributed by atoms with van der Waals surface area (Å²) >= 11 is 0. The molecular weight excluding hydrogens is 334 g/mol. The third-order valence-corrected chi connectivity index (χ3v) is 5.33. The summed E-state index contributed by atoms with van der Waals surface area (Å²) in [5.74, 6) is 0.107. The summed E-state index contributed by atoms with van der Waals surface area (Å²) < 4.78 is 7.49. The molecule has 0 aliphatic carbocycles. The fourth-order valence-corrected chi connectivity index (χ4v) is 3.97. The highest BCUT2D eigenvalue weighted by atomic mass is 16.5. The number of carbonyl (C=O) groups is 1. The first-order valence-electron chi connectivity index (χ1n) is 9.83. The van der Waals surface area contributed by atoms with Crippen LogP contribution in [-0.2, 0) is 4.74 Å². The largest absolute Gasteiger partial charge is 0.385 e. The molecule has 3 nitrogen and oxygen atoms in total. The summed E-state index contributed by atoms with van der Waals surface area (Å²) in [6, 6.07) is 18.2. The molecule has 1 atom stereocenters. The van der Waals surface area contributed by atoms with Crippen molar-refractivity contribution in [3.05, 3.63) is 71.4 Å². The number of ketones is 1. The van der Waals surface area contributed by atoms with E-state index in [1.165, 1.54) is 12.8 Å². The first kappa shape index (κ1) is 19.4. The minimum absolute atomic E-state index is 0.107. The lowest BCUT2D eigenvalue weighted by molar-refractivity contribution is 0.103. The second kappa shape index (κ2) is 9.01. The van der Waals surface area contributed by atoms with Gasteiger partial charge in [-0.05, 0) is 32.8 Å². The van der Waals surface area contributed by atoms with Crippen LogP contribution in [0.2, 0.25) is 0 Å². The number of methoxy groups -OCH3 is 1. The number of unbranched alkanes of at least 4 members (excludes halogenated alkanes) is 2. The van der Waals surface area contributed by atoms with Crippen LogP contribution in [-0.4, -0.2) is 24.1 Å². The van der Waals surface area contributed by atoms with E-state index < -0.39 is 0 Å². The Kier molecular flexibility index (Phi) is 6.46. The summed E-state index contributed by atoms with van der Waals surface area (Å²) in [6.45, 7) is 5.17. The molecule has 1 unspecified atom stereocenters. The molecule has 1 aromatic heterocycles. The van der Waals surface area contributed by atoms with Crippen LogP contribution in [0.15, 0.2) is 54.6 Å². The highest BCUT2D eigenvalue weighted by Crippen LogP contribution is 2.32. The molecule has 0 fully saturated rings. The zero-order chi connectivity index (χ0) is 19.2. The van der Waals surface area contributed by atoms with E-state index in [1.807, 2.05) is 36.4 Å². The number of fused-ring (bicyclic) bond motifs is 1. The third-order valence-electron chi connectivity index (χ3n) is 5.33. The second-order valence-corrected chi connectivity index (χ2v) is 7.23. The van der Waals surface area contributed by atoms with Crippen LogP contribution in [0.1, 0.15) is 60.3 Å². The fraction of sp³-hybridized carbons (Fsp3) is 0.375. The molecule has 0 aliphatic rings. The van der Waals surface area contributed by atoms with Gasteiger partial charge in [0.25, 0.3) is 0 Å². The predicted molar refractivity (Wildman–Crippen MR) is 112 cm³/mol. The van der Waals surface area contributed by atoms with Gasteiger partial charge in [0, 0.05) is 41.9 Å². The number of nitrogens with zero attached hydrogens (tertiary/aromatic N) is 1.